The number of ether oxygens (including phenoxy) is 1. The van der Waals surface area contributed by atoms with Gasteiger partial charge in [0.25, 0.3) is 5.91 Å². The smallest absolute Gasteiger partial charge is 0.337 e. The summed E-state index contributed by atoms with van der Waals surface area (Å²) in [5, 5.41) is 16.0. The summed E-state index contributed by atoms with van der Waals surface area (Å²) in [6, 6.07) is 6.98. The van der Waals surface area contributed by atoms with Gasteiger partial charge in [-0.3, -0.25) is 9.89 Å². The summed E-state index contributed by atoms with van der Waals surface area (Å²) in [5.41, 5.74) is 7.94. The molecule has 1 amide bonds. The highest BCUT2D eigenvalue weighted by Gasteiger charge is 2.29. The lowest BCUT2D eigenvalue weighted by molar-refractivity contribution is -0.148. The molecule has 9 nitrogen and oxygen atoms in total. The fourth-order valence-electron chi connectivity index (χ4n) is 4.30. The van der Waals surface area contributed by atoms with Gasteiger partial charge in [0.2, 0.25) is 0 Å². The average Bonchev–Trinajstić information content (AvgIpc) is 3.20. The topological polar surface area (TPSA) is 135 Å². The van der Waals surface area contributed by atoms with Crippen molar-refractivity contribution in [2.45, 2.75) is 52.7 Å². The van der Waals surface area contributed by atoms with Gasteiger partial charge in [-0.25, -0.2) is 14.3 Å². The number of amides is 1. The molecule has 0 aliphatic rings. The van der Waals surface area contributed by atoms with Crippen LogP contribution in [0.3, 0.4) is 0 Å². The molecule has 0 radical (unpaired) electrons. The van der Waals surface area contributed by atoms with Crippen molar-refractivity contribution in [1.82, 2.24) is 14.6 Å². The van der Waals surface area contributed by atoms with E-state index in [9.17, 15) is 14.7 Å². The minimum atomic E-state index is -1.06. The molecule has 32 heavy (non-hydrogen) atoms. The number of nitrogens with one attached hydrogen (secondary N) is 2. The standard InChI is InChI=1S/C23H31N5O4/c1-22(2,3)12-23(4,5)27-20-16(26-19-15(18(24)29)11-25-28(19)20)13-7-9-14(10-8-13)17(32-6)21(30)31/h7-11,17,25,27H,12H2,1-6H3,(H2,24,29)(H,30,31). The monoisotopic (exact) mass is 441 g/mol. The first-order valence-electron chi connectivity index (χ1n) is 10.4. The molecule has 172 valence electrons. The predicted molar refractivity (Wildman–Crippen MR) is 123 cm³/mol. The number of nitrogens with two attached hydrogens (primary N) is 1. The van der Waals surface area contributed by atoms with E-state index < -0.39 is 18.0 Å². The van der Waals surface area contributed by atoms with Crippen LogP contribution >= 0.6 is 0 Å². The molecule has 0 spiro atoms. The molecular weight excluding hydrogens is 410 g/mol. The van der Waals surface area contributed by atoms with Crippen molar-refractivity contribution in [3.05, 3.63) is 41.6 Å². The van der Waals surface area contributed by atoms with Gasteiger partial charge in [0.1, 0.15) is 11.3 Å². The van der Waals surface area contributed by atoms with Crippen LogP contribution in [0.15, 0.2) is 30.5 Å². The quantitative estimate of drug-likeness (QED) is 0.420. The fraction of sp³-hybridized carbons (Fsp3) is 0.435. The van der Waals surface area contributed by atoms with Crippen molar-refractivity contribution in [1.29, 1.82) is 0 Å². The Bertz CT molecular complexity index is 1140. The number of methoxy groups -OCH3 is 1. The number of carbonyl (C=O) groups excluding carboxylic acids is 1. The number of rotatable bonds is 8. The zero-order chi connectivity index (χ0) is 23.8. The van der Waals surface area contributed by atoms with Crippen LogP contribution in [-0.4, -0.2) is 44.2 Å². The van der Waals surface area contributed by atoms with E-state index in [0.29, 0.717) is 22.7 Å². The molecule has 0 aliphatic carbocycles. The minimum Gasteiger partial charge on any atom is -0.479 e. The maximum absolute atomic E-state index is 11.9. The lowest BCUT2D eigenvalue weighted by Gasteiger charge is -2.34. The molecule has 9 heteroatoms. The van der Waals surface area contributed by atoms with Gasteiger partial charge in [-0.15, -0.1) is 0 Å². The number of carboxylic acids is 1. The molecule has 0 aliphatic heterocycles. The van der Waals surface area contributed by atoms with Gasteiger partial charge < -0.3 is 20.9 Å². The fourth-order valence-corrected chi connectivity index (χ4v) is 4.30. The van der Waals surface area contributed by atoms with E-state index in [1.807, 2.05) is 0 Å². The normalized spacial score (nSPS) is 13.3. The Kier molecular flexibility index (Phi) is 6.06. The van der Waals surface area contributed by atoms with Crippen LogP contribution in [0.5, 0.6) is 0 Å². The number of carbonyl (C=O) groups is 2. The highest BCUT2D eigenvalue weighted by molar-refractivity contribution is 5.99. The largest absolute Gasteiger partial charge is 0.479 e. The van der Waals surface area contributed by atoms with Crippen molar-refractivity contribution >= 4 is 23.3 Å². The van der Waals surface area contributed by atoms with Crippen molar-refractivity contribution in [2.75, 3.05) is 12.4 Å². The number of imidazole rings is 1. The van der Waals surface area contributed by atoms with Gasteiger partial charge in [-0.1, -0.05) is 45.0 Å². The number of H-pyrrole nitrogens is 1. The van der Waals surface area contributed by atoms with Crippen LogP contribution < -0.4 is 11.1 Å². The number of aliphatic carboxylic acids is 1. The van der Waals surface area contributed by atoms with E-state index in [-0.39, 0.29) is 16.5 Å². The minimum absolute atomic E-state index is 0.0855. The average molecular weight is 442 g/mol. The van der Waals surface area contributed by atoms with Crippen LogP contribution in [0, 0.1) is 5.41 Å². The molecule has 1 aromatic carbocycles. The second kappa shape index (κ2) is 8.31. The van der Waals surface area contributed by atoms with Crippen LogP contribution in [0.2, 0.25) is 0 Å². The molecule has 2 aromatic heterocycles. The maximum Gasteiger partial charge on any atom is 0.337 e. The molecule has 0 saturated heterocycles. The number of hydrogen-bond acceptors (Lipinski definition) is 5. The van der Waals surface area contributed by atoms with E-state index in [2.05, 4.69) is 45.0 Å². The zero-order valence-electron chi connectivity index (χ0n) is 19.3. The molecule has 1 unspecified atom stereocenters. The van der Waals surface area contributed by atoms with Crippen molar-refractivity contribution in [3.8, 4) is 11.3 Å². The zero-order valence-corrected chi connectivity index (χ0v) is 19.3. The third-order valence-electron chi connectivity index (χ3n) is 5.10. The number of carboxylic acid groups (broad SMARTS) is 1. The van der Waals surface area contributed by atoms with Crippen LogP contribution in [0.1, 0.15) is 63.1 Å². The van der Waals surface area contributed by atoms with E-state index in [4.69, 9.17) is 15.5 Å². The highest BCUT2D eigenvalue weighted by atomic mass is 16.5. The summed E-state index contributed by atoms with van der Waals surface area (Å²) < 4.78 is 6.78. The van der Waals surface area contributed by atoms with Crippen LogP contribution in [0.4, 0.5) is 5.82 Å². The van der Waals surface area contributed by atoms with Crippen molar-refractivity contribution in [2.24, 2.45) is 11.1 Å². The molecule has 3 rings (SSSR count). The second-order valence-electron chi connectivity index (χ2n) is 9.84. The molecule has 0 fully saturated rings. The molecule has 2 heterocycles. The van der Waals surface area contributed by atoms with Gasteiger partial charge in [-0.05, 0) is 31.2 Å². The van der Waals surface area contributed by atoms with E-state index in [1.54, 1.807) is 28.8 Å². The first kappa shape index (κ1) is 23.3. The Labute approximate surface area is 187 Å². The third-order valence-corrected chi connectivity index (χ3v) is 5.10. The van der Waals surface area contributed by atoms with E-state index in [0.717, 1.165) is 12.0 Å². The van der Waals surface area contributed by atoms with Gasteiger partial charge in [0.15, 0.2) is 17.6 Å². The number of hydrogen-bond donors (Lipinski definition) is 4. The summed E-state index contributed by atoms with van der Waals surface area (Å²) in [6.07, 6.45) is 1.36. The van der Waals surface area contributed by atoms with Gasteiger partial charge in [0.05, 0.1) is 0 Å². The summed E-state index contributed by atoms with van der Waals surface area (Å²) >= 11 is 0. The van der Waals surface area contributed by atoms with Gasteiger partial charge >= 0.3 is 5.97 Å². The number of benzene rings is 1. The lowest BCUT2D eigenvalue weighted by atomic mass is 9.82. The van der Waals surface area contributed by atoms with E-state index >= 15 is 0 Å². The summed E-state index contributed by atoms with van der Waals surface area (Å²) in [7, 11) is 1.36. The lowest BCUT2D eigenvalue weighted by Crippen LogP contribution is -2.36. The number of anilines is 1. The first-order chi connectivity index (χ1) is 14.8. The maximum atomic E-state index is 11.9. The molecule has 1 atom stereocenters. The highest BCUT2D eigenvalue weighted by Crippen LogP contribution is 2.35. The van der Waals surface area contributed by atoms with Crippen molar-refractivity contribution in [3.63, 3.8) is 0 Å². The molecule has 5 N–H and O–H groups in total. The molecule has 0 saturated carbocycles. The van der Waals surface area contributed by atoms with Crippen LogP contribution in [0.25, 0.3) is 16.9 Å². The Morgan fingerprint density at radius 2 is 1.84 bits per heavy atom. The number of primary amides is 1. The van der Waals surface area contributed by atoms with E-state index in [1.165, 1.54) is 13.3 Å². The number of fused-ring (bicyclic) bond motifs is 1. The predicted octanol–water partition coefficient (Wildman–Crippen LogP) is 3.83. The van der Waals surface area contributed by atoms with Crippen molar-refractivity contribution < 1.29 is 19.4 Å². The molecular formula is C23H31N5O4. The third kappa shape index (κ3) is 4.77. The second-order valence-corrected chi connectivity index (χ2v) is 9.84. The van der Waals surface area contributed by atoms with Gasteiger partial charge in [0, 0.05) is 24.4 Å². The SMILES string of the molecule is COC(C(=O)O)c1ccc(-c2nc3c(C(N)=O)c[nH]n3c2NC(C)(C)CC(C)(C)C)cc1. The number of aromatic amines is 1. The molecule has 0 bridgehead atoms. The number of nitrogens with zero attached hydrogens (tertiary/aromatic N) is 2. The van der Waals surface area contributed by atoms with Gasteiger partial charge in [-0.2, -0.15) is 0 Å². The Morgan fingerprint density at radius 3 is 2.34 bits per heavy atom. The summed E-state index contributed by atoms with van der Waals surface area (Å²) in [5.74, 6) is -0.947. The summed E-state index contributed by atoms with van der Waals surface area (Å²) in [4.78, 5) is 28.0. The Hall–Kier alpha value is -3.33. The Balaban J connectivity index is 2.10. The molecule has 3 aromatic rings. The Morgan fingerprint density at radius 1 is 1.22 bits per heavy atom. The number of aromatic nitrogens is 3. The van der Waals surface area contributed by atoms with Crippen LogP contribution in [-0.2, 0) is 9.53 Å². The first-order valence-corrected chi connectivity index (χ1v) is 10.4. The summed E-state index contributed by atoms with van der Waals surface area (Å²) in [6.45, 7) is 10.8.